The van der Waals surface area contributed by atoms with Gasteiger partial charge in [-0.2, -0.15) is 4.98 Å². The van der Waals surface area contributed by atoms with Gasteiger partial charge in [-0.3, -0.25) is 0 Å². The van der Waals surface area contributed by atoms with Gasteiger partial charge in [0.25, 0.3) is 0 Å². The molecule has 13 heteroatoms. The Bertz CT molecular complexity index is 1070. The van der Waals surface area contributed by atoms with Crippen molar-refractivity contribution >= 4 is 56.4 Å². The molecule has 0 aliphatic heterocycles. The monoisotopic (exact) mass is 619 g/mol. The second-order valence-corrected chi connectivity index (χ2v) is 20.1. The molecule has 1 saturated carbocycles. The minimum atomic E-state index is -3.63. The van der Waals surface area contributed by atoms with E-state index >= 15 is 0 Å². The van der Waals surface area contributed by atoms with Crippen LogP contribution in [0.3, 0.4) is 0 Å². The number of hydrogen-bond donors (Lipinski definition) is 2. The van der Waals surface area contributed by atoms with Gasteiger partial charge in [0, 0.05) is 25.0 Å². The Labute approximate surface area is 206 Å². The van der Waals surface area contributed by atoms with Crippen LogP contribution in [0.1, 0.15) is 32.9 Å². The molecule has 0 radical (unpaired) electrons. The van der Waals surface area contributed by atoms with E-state index < -0.39 is 51.3 Å². The number of nitrogens with one attached hydrogen (secondary N) is 1. The van der Waals surface area contributed by atoms with Gasteiger partial charge in [-0.15, -0.1) is 0 Å². The van der Waals surface area contributed by atoms with E-state index in [1.165, 1.54) is 0 Å². The number of aliphatic hydroxyl groups excluding tert-OH is 1. The van der Waals surface area contributed by atoms with E-state index in [1.54, 1.807) is 6.92 Å². The van der Waals surface area contributed by atoms with Crippen LogP contribution in [0.15, 0.2) is 5.16 Å². The lowest BCUT2D eigenvalue weighted by Gasteiger charge is -2.37. The summed E-state index contributed by atoms with van der Waals surface area (Å²) >= 11 is 2.00. The van der Waals surface area contributed by atoms with Crippen molar-refractivity contribution in [3.05, 3.63) is 9.26 Å². The summed E-state index contributed by atoms with van der Waals surface area (Å²) in [5.74, 6) is -0.137. The fourth-order valence-corrected chi connectivity index (χ4v) is 7.13. The zero-order valence-electron chi connectivity index (χ0n) is 19.8. The van der Waals surface area contributed by atoms with Gasteiger partial charge in [0.05, 0.1) is 26.7 Å². The van der Waals surface area contributed by atoms with Gasteiger partial charge in [-0.1, -0.05) is 20.8 Å². The number of aliphatic hydroxyl groups is 1. The molecule has 9 nitrogen and oxygen atoms in total. The molecule has 1 aromatic heterocycles. The van der Waals surface area contributed by atoms with E-state index in [-0.39, 0.29) is 22.6 Å². The SMILES string of the molecule is Cc1nc(S(C)(=O)=O)nc(NC2CC(CO[Si](C)(C)C(C)(C)C)[C@H](S(C)(=O)=O)[C@H]2O)c1I. The number of aromatic nitrogens is 2. The van der Waals surface area contributed by atoms with Crippen LogP contribution >= 0.6 is 22.6 Å². The minimum Gasteiger partial charge on any atom is -0.417 e. The Kier molecular flexibility index (Phi) is 8.16. The summed E-state index contributed by atoms with van der Waals surface area (Å²) in [5.41, 5.74) is 0.480. The lowest BCUT2D eigenvalue weighted by Crippen LogP contribution is -2.44. The molecule has 2 unspecified atom stereocenters. The molecule has 2 rings (SSSR count). The molecule has 0 amide bonds. The lowest BCUT2D eigenvalue weighted by molar-refractivity contribution is 0.161. The Morgan fingerprint density at radius 3 is 2.22 bits per heavy atom. The van der Waals surface area contributed by atoms with Crippen molar-refractivity contribution in [2.75, 3.05) is 24.4 Å². The molecular formula is C19H34IN3O6S2Si. The molecule has 1 aromatic rings. The Morgan fingerprint density at radius 1 is 1.19 bits per heavy atom. The molecule has 2 N–H and O–H groups in total. The van der Waals surface area contributed by atoms with Crippen molar-refractivity contribution in [1.82, 2.24) is 9.97 Å². The highest BCUT2D eigenvalue weighted by Gasteiger charge is 2.49. The van der Waals surface area contributed by atoms with Gasteiger partial charge in [0.2, 0.25) is 15.0 Å². The third kappa shape index (κ3) is 6.20. The number of nitrogens with zero attached hydrogens (tertiary/aromatic N) is 2. The van der Waals surface area contributed by atoms with E-state index in [4.69, 9.17) is 4.43 Å². The van der Waals surface area contributed by atoms with Gasteiger partial charge in [0.1, 0.15) is 5.82 Å². The summed E-state index contributed by atoms with van der Waals surface area (Å²) in [6.07, 6.45) is 1.31. The van der Waals surface area contributed by atoms with Crippen LogP contribution in [0.4, 0.5) is 5.82 Å². The zero-order chi connectivity index (χ0) is 24.9. The maximum Gasteiger partial charge on any atom is 0.249 e. The van der Waals surface area contributed by atoms with Gasteiger partial charge in [-0.05, 0) is 54.1 Å². The van der Waals surface area contributed by atoms with Gasteiger partial charge < -0.3 is 14.8 Å². The van der Waals surface area contributed by atoms with Crippen LogP contribution in [0.25, 0.3) is 0 Å². The van der Waals surface area contributed by atoms with Crippen LogP contribution in [-0.4, -0.2) is 76.7 Å². The summed E-state index contributed by atoms with van der Waals surface area (Å²) in [6.45, 7) is 12.4. The molecule has 0 saturated heterocycles. The van der Waals surface area contributed by atoms with Crippen LogP contribution in [-0.2, 0) is 24.1 Å². The molecule has 0 spiro atoms. The quantitative estimate of drug-likeness (QED) is 0.268. The predicted octanol–water partition coefficient (Wildman–Crippen LogP) is 2.39. The first-order valence-electron chi connectivity index (χ1n) is 10.3. The zero-order valence-corrected chi connectivity index (χ0v) is 24.6. The second-order valence-electron chi connectivity index (χ2n) is 10.1. The third-order valence-electron chi connectivity index (χ3n) is 6.38. The Balaban J connectivity index is 2.34. The van der Waals surface area contributed by atoms with Crippen molar-refractivity contribution < 1.29 is 26.4 Å². The van der Waals surface area contributed by atoms with E-state index in [0.29, 0.717) is 15.7 Å². The lowest BCUT2D eigenvalue weighted by atomic mass is 10.1. The largest absolute Gasteiger partial charge is 0.417 e. The first kappa shape index (κ1) is 27.9. The number of anilines is 1. The average molecular weight is 620 g/mol. The maximum atomic E-state index is 12.5. The van der Waals surface area contributed by atoms with Gasteiger partial charge >= 0.3 is 0 Å². The molecule has 1 fully saturated rings. The summed E-state index contributed by atoms with van der Waals surface area (Å²) < 4.78 is 55.9. The molecule has 4 atom stereocenters. The summed E-state index contributed by atoms with van der Waals surface area (Å²) in [5, 5.41) is 12.7. The third-order valence-corrected chi connectivity index (χ3v) is 14.7. The topological polar surface area (TPSA) is 136 Å². The standard InChI is InChI=1S/C19H34IN3O6S2Si/c1-11-14(20)17(23-18(21-11)31(6,27)28)22-13-9-12(16(15(13)24)30(5,25)26)10-29-32(7,8)19(2,3)4/h12-13,15-16,24H,9-10H2,1-8H3,(H,21,22,23)/t12?,13?,15-,16-/m0/s1. The molecule has 1 heterocycles. The molecule has 184 valence electrons. The Morgan fingerprint density at radius 2 is 1.75 bits per heavy atom. The first-order chi connectivity index (χ1) is 14.3. The smallest absolute Gasteiger partial charge is 0.249 e. The molecule has 1 aliphatic carbocycles. The maximum absolute atomic E-state index is 12.5. The van der Waals surface area contributed by atoms with Crippen molar-refractivity contribution in [2.24, 2.45) is 5.92 Å². The summed E-state index contributed by atoms with van der Waals surface area (Å²) in [7, 11) is -9.31. The van der Waals surface area contributed by atoms with E-state index in [2.05, 4.69) is 49.1 Å². The number of halogens is 1. The summed E-state index contributed by atoms with van der Waals surface area (Å²) in [4.78, 5) is 8.16. The van der Waals surface area contributed by atoms with Gasteiger partial charge in [0.15, 0.2) is 18.2 Å². The average Bonchev–Trinajstić information content (AvgIpc) is 2.91. The van der Waals surface area contributed by atoms with Crippen LogP contribution in [0.2, 0.25) is 18.1 Å². The van der Waals surface area contributed by atoms with Crippen molar-refractivity contribution in [3.63, 3.8) is 0 Å². The molecule has 0 aromatic carbocycles. The van der Waals surface area contributed by atoms with Crippen molar-refractivity contribution in [3.8, 4) is 0 Å². The number of sulfone groups is 2. The first-order valence-corrected chi connectivity index (χ1v) is 18.1. The highest BCUT2D eigenvalue weighted by molar-refractivity contribution is 14.1. The van der Waals surface area contributed by atoms with E-state index in [9.17, 15) is 21.9 Å². The van der Waals surface area contributed by atoms with Gasteiger partial charge in [-0.25, -0.2) is 21.8 Å². The molecule has 0 bridgehead atoms. The normalized spacial score (nSPS) is 25.2. The molecular weight excluding hydrogens is 585 g/mol. The van der Waals surface area contributed by atoms with E-state index in [1.807, 2.05) is 22.6 Å². The molecule has 1 aliphatic rings. The number of aryl methyl sites for hydroxylation is 1. The second kappa shape index (κ2) is 9.36. The van der Waals surface area contributed by atoms with Crippen molar-refractivity contribution in [2.45, 2.75) is 74.8 Å². The highest BCUT2D eigenvalue weighted by atomic mass is 127. The highest BCUT2D eigenvalue weighted by Crippen LogP contribution is 2.39. The van der Waals surface area contributed by atoms with Crippen LogP contribution in [0, 0.1) is 16.4 Å². The fraction of sp³-hybridized carbons (Fsp3) is 0.789. The Hall–Kier alpha value is -0.353. The van der Waals surface area contributed by atoms with E-state index in [0.717, 1.165) is 12.5 Å². The number of hydrogen-bond acceptors (Lipinski definition) is 9. The minimum absolute atomic E-state index is 0.0287. The fourth-order valence-electron chi connectivity index (χ4n) is 3.52. The van der Waals surface area contributed by atoms with Crippen LogP contribution in [0.5, 0.6) is 0 Å². The molecule has 32 heavy (non-hydrogen) atoms. The number of rotatable bonds is 7. The van der Waals surface area contributed by atoms with Crippen molar-refractivity contribution in [1.29, 1.82) is 0 Å². The van der Waals surface area contributed by atoms with Crippen LogP contribution < -0.4 is 5.32 Å². The summed E-state index contributed by atoms with van der Waals surface area (Å²) in [6, 6.07) is -0.627. The predicted molar refractivity (Wildman–Crippen MR) is 136 cm³/mol.